The summed E-state index contributed by atoms with van der Waals surface area (Å²) in [6, 6.07) is 16.3. The molecule has 0 fully saturated rings. The molecule has 0 N–H and O–H groups in total. The van der Waals surface area contributed by atoms with Gasteiger partial charge >= 0.3 is 0 Å². The van der Waals surface area contributed by atoms with E-state index in [0.29, 0.717) is 35.1 Å². The van der Waals surface area contributed by atoms with Gasteiger partial charge in [-0.25, -0.2) is 30.7 Å². The number of hydrogen-bond acceptors (Lipinski definition) is 0. The molecule has 4 aromatic carbocycles. The molecule has 0 saturated heterocycles. The Balaban J connectivity index is 1.41. The Morgan fingerprint density at radius 1 is 0.634 bits per heavy atom. The molecule has 0 amide bonds. The van der Waals surface area contributed by atoms with Crippen LogP contribution >= 0.6 is 0 Å². The van der Waals surface area contributed by atoms with E-state index in [1.165, 1.54) is 30.3 Å². The summed E-state index contributed by atoms with van der Waals surface area (Å²) in [7, 11) is 0. The first kappa shape index (κ1) is 29.8. The Bertz CT molecular complexity index is 1550. The van der Waals surface area contributed by atoms with Gasteiger partial charge in [-0.2, -0.15) is 0 Å². The largest absolute Gasteiger partial charge is 0.209 e. The topological polar surface area (TPSA) is 0 Å². The third-order valence-corrected chi connectivity index (χ3v) is 6.83. The highest BCUT2D eigenvalue weighted by molar-refractivity contribution is 5.69. The quantitative estimate of drug-likeness (QED) is 0.0731. The summed E-state index contributed by atoms with van der Waals surface area (Å²) in [5.74, 6) is -7.38. The van der Waals surface area contributed by atoms with E-state index < -0.39 is 40.7 Å². The van der Waals surface area contributed by atoms with Gasteiger partial charge < -0.3 is 0 Å². The molecule has 0 aromatic heterocycles. The van der Waals surface area contributed by atoms with Crippen LogP contribution < -0.4 is 0 Å². The molecule has 0 atom stereocenters. The minimum Gasteiger partial charge on any atom is -0.209 e. The van der Waals surface area contributed by atoms with Crippen LogP contribution in [0.15, 0.2) is 91.3 Å². The van der Waals surface area contributed by atoms with Crippen LogP contribution in [0.5, 0.6) is 0 Å². The van der Waals surface area contributed by atoms with Crippen molar-refractivity contribution >= 4 is 5.83 Å². The van der Waals surface area contributed by atoms with Gasteiger partial charge in [0, 0.05) is 17.5 Å². The fraction of sp³-hybridized carbons (Fsp3) is 0.176. The summed E-state index contributed by atoms with van der Waals surface area (Å²) in [6.07, 6.45) is 4.29. The number of allylic oxidation sites excluding steroid dienone is 2. The zero-order valence-corrected chi connectivity index (χ0v) is 22.1. The van der Waals surface area contributed by atoms with Crippen LogP contribution in [-0.2, 0) is 12.8 Å². The SMILES string of the molecule is C=CCCCC/C(F)=C(\F)c1ccc(-c2ccc(CCc3ccc(-c4cc(F)c(F)c(F)c4)c(F)c3)c(F)c2)cc1. The predicted octanol–water partition coefficient (Wildman–Crippen LogP) is 10.9. The normalized spacial score (nSPS) is 11.9. The Kier molecular flexibility index (Phi) is 9.82. The van der Waals surface area contributed by atoms with Crippen molar-refractivity contribution in [2.75, 3.05) is 0 Å². The van der Waals surface area contributed by atoms with Crippen molar-refractivity contribution in [2.24, 2.45) is 0 Å². The average molecular weight is 569 g/mol. The standard InChI is InChI=1S/C34H27F7/c1-2-3-4-5-6-28(35)33(40)24-13-10-22(11-14-24)25-15-12-23(29(36)18-25)9-7-21-8-16-27(30(37)17-21)26-19-31(38)34(41)32(39)20-26/h2,8,10-20H,1,3-7,9H2/b33-28+. The molecule has 0 aliphatic carbocycles. The van der Waals surface area contributed by atoms with Crippen molar-refractivity contribution in [3.8, 4) is 22.3 Å². The monoisotopic (exact) mass is 568 g/mol. The van der Waals surface area contributed by atoms with Crippen molar-refractivity contribution in [2.45, 2.75) is 38.5 Å². The van der Waals surface area contributed by atoms with Crippen molar-refractivity contribution in [3.05, 3.63) is 137 Å². The number of rotatable bonds is 11. The van der Waals surface area contributed by atoms with Gasteiger partial charge in [0.1, 0.15) is 17.5 Å². The van der Waals surface area contributed by atoms with Gasteiger partial charge in [0.2, 0.25) is 0 Å². The van der Waals surface area contributed by atoms with Crippen molar-refractivity contribution in [1.82, 2.24) is 0 Å². The van der Waals surface area contributed by atoms with Crippen LogP contribution in [0, 0.1) is 29.1 Å². The molecule has 4 aromatic rings. The molecule has 0 aliphatic heterocycles. The van der Waals surface area contributed by atoms with Crippen LogP contribution in [0.3, 0.4) is 0 Å². The highest BCUT2D eigenvalue weighted by Gasteiger charge is 2.15. The summed E-state index contributed by atoms with van der Waals surface area (Å²) >= 11 is 0. The van der Waals surface area contributed by atoms with E-state index >= 15 is 0 Å². The smallest absolute Gasteiger partial charge is 0.194 e. The lowest BCUT2D eigenvalue weighted by molar-refractivity contribution is 0.447. The third-order valence-electron chi connectivity index (χ3n) is 6.83. The minimum atomic E-state index is -1.63. The molecule has 0 bridgehead atoms. The first-order valence-corrected chi connectivity index (χ1v) is 13.2. The zero-order valence-electron chi connectivity index (χ0n) is 22.1. The molecule has 0 nitrogen and oxygen atoms in total. The molecule has 212 valence electrons. The first-order chi connectivity index (χ1) is 19.7. The number of hydrogen-bond donors (Lipinski definition) is 0. The second kappa shape index (κ2) is 13.5. The molecule has 0 aliphatic rings. The van der Waals surface area contributed by atoms with Crippen LogP contribution in [-0.4, -0.2) is 0 Å². The second-order valence-electron chi connectivity index (χ2n) is 9.70. The molecule has 0 radical (unpaired) electrons. The van der Waals surface area contributed by atoms with Gasteiger partial charge in [-0.1, -0.05) is 54.6 Å². The van der Waals surface area contributed by atoms with E-state index in [4.69, 9.17) is 0 Å². The molecule has 41 heavy (non-hydrogen) atoms. The molecule has 4 rings (SSSR count). The van der Waals surface area contributed by atoms with Crippen LogP contribution in [0.25, 0.3) is 28.1 Å². The van der Waals surface area contributed by atoms with E-state index in [0.717, 1.165) is 25.0 Å². The van der Waals surface area contributed by atoms with Gasteiger partial charge in [0.15, 0.2) is 23.3 Å². The Hall–Kier alpha value is -4.13. The van der Waals surface area contributed by atoms with Crippen LogP contribution in [0.1, 0.15) is 42.4 Å². The summed E-state index contributed by atoms with van der Waals surface area (Å²) in [5, 5.41) is 0. The van der Waals surface area contributed by atoms with E-state index in [-0.39, 0.29) is 29.5 Å². The van der Waals surface area contributed by atoms with Crippen molar-refractivity contribution in [3.63, 3.8) is 0 Å². The van der Waals surface area contributed by atoms with Crippen LogP contribution in [0.2, 0.25) is 0 Å². The molecule has 0 spiro atoms. The molecule has 0 saturated carbocycles. The predicted molar refractivity (Wildman–Crippen MR) is 149 cm³/mol. The van der Waals surface area contributed by atoms with Crippen molar-refractivity contribution in [1.29, 1.82) is 0 Å². The van der Waals surface area contributed by atoms with Gasteiger partial charge in [-0.15, -0.1) is 6.58 Å². The Morgan fingerprint density at radius 2 is 1.29 bits per heavy atom. The van der Waals surface area contributed by atoms with Crippen molar-refractivity contribution < 1.29 is 30.7 Å². The highest BCUT2D eigenvalue weighted by Crippen LogP contribution is 2.30. The minimum absolute atomic E-state index is 0.0130. The lowest BCUT2D eigenvalue weighted by Gasteiger charge is -2.10. The van der Waals surface area contributed by atoms with E-state index in [1.54, 1.807) is 36.4 Å². The van der Waals surface area contributed by atoms with E-state index in [2.05, 4.69) is 6.58 Å². The Morgan fingerprint density at radius 3 is 1.93 bits per heavy atom. The average Bonchev–Trinajstić information content (AvgIpc) is 2.97. The highest BCUT2D eigenvalue weighted by atomic mass is 19.2. The number of benzene rings is 4. The maximum absolute atomic E-state index is 14.9. The van der Waals surface area contributed by atoms with E-state index in [1.807, 2.05) is 0 Å². The van der Waals surface area contributed by atoms with Gasteiger partial charge in [0.05, 0.1) is 0 Å². The molecule has 0 unspecified atom stereocenters. The zero-order chi connectivity index (χ0) is 29.5. The molecule has 7 heteroatoms. The molecular formula is C34H27F7. The summed E-state index contributed by atoms with van der Waals surface area (Å²) in [4.78, 5) is 0. The second-order valence-corrected chi connectivity index (χ2v) is 9.70. The third kappa shape index (κ3) is 7.34. The lowest BCUT2D eigenvalue weighted by Crippen LogP contribution is -1.98. The fourth-order valence-corrected chi connectivity index (χ4v) is 4.51. The summed E-state index contributed by atoms with van der Waals surface area (Å²) in [5.41, 5.74) is 2.00. The number of unbranched alkanes of at least 4 members (excludes halogenated alkanes) is 2. The van der Waals surface area contributed by atoms with Gasteiger partial charge in [0.25, 0.3) is 0 Å². The maximum Gasteiger partial charge on any atom is 0.194 e. The first-order valence-electron chi connectivity index (χ1n) is 13.2. The molecule has 0 heterocycles. The maximum atomic E-state index is 14.9. The number of aryl methyl sites for hydroxylation is 2. The molecular weight excluding hydrogens is 541 g/mol. The van der Waals surface area contributed by atoms with Crippen LogP contribution in [0.4, 0.5) is 30.7 Å². The fourth-order valence-electron chi connectivity index (χ4n) is 4.51. The summed E-state index contributed by atoms with van der Waals surface area (Å²) < 4.78 is 98.5. The van der Waals surface area contributed by atoms with E-state index in [9.17, 15) is 30.7 Å². The van der Waals surface area contributed by atoms with Gasteiger partial charge in [-0.3, -0.25) is 0 Å². The summed E-state index contributed by atoms with van der Waals surface area (Å²) in [6.45, 7) is 3.60. The Labute approximate surface area is 234 Å². The lowest BCUT2D eigenvalue weighted by atomic mass is 9.97. The van der Waals surface area contributed by atoms with Gasteiger partial charge in [-0.05, 0) is 84.2 Å². The number of halogens is 7.